The van der Waals surface area contributed by atoms with Gasteiger partial charge in [0.15, 0.2) is 5.75 Å². The highest BCUT2D eigenvalue weighted by Gasteiger charge is 2.20. The molecule has 88 valence electrons. The van der Waals surface area contributed by atoms with E-state index < -0.39 is 24.4 Å². The van der Waals surface area contributed by atoms with Gasteiger partial charge in [-0.3, -0.25) is 9.78 Å². The number of pyridine rings is 1. The standard InChI is InChI=1S/C9H10F2N2O3/c1-16-8-4(9(10)11)3-13-5(7(8)12)2-6(14)15/h3,9H,2,12H2,1H3,(H,14,15). The molecule has 0 spiro atoms. The maximum Gasteiger partial charge on any atom is 0.309 e. The molecule has 0 unspecified atom stereocenters. The molecule has 0 aromatic carbocycles. The zero-order chi connectivity index (χ0) is 12.3. The van der Waals surface area contributed by atoms with Crippen LogP contribution in [-0.4, -0.2) is 23.2 Å². The number of aromatic nitrogens is 1. The molecule has 0 fully saturated rings. The van der Waals surface area contributed by atoms with Crippen LogP contribution < -0.4 is 10.5 Å². The first-order valence-corrected chi connectivity index (χ1v) is 4.28. The van der Waals surface area contributed by atoms with E-state index in [1.54, 1.807) is 0 Å². The zero-order valence-electron chi connectivity index (χ0n) is 8.41. The molecule has 5 nitrogen and oxygen atoms in total. The second-order valence-electron chi connectivity index (χ2n) is 2.98. The lowest BCUT2D eigenvalue weighted by Gasteiger charge is -2.12. The van der Waals surface area contributed by atoms with Gasteiger partial charge in [0.2, 0.25) is 0 Å². The Balaban J connectivity index is 3.23. The summed E-state index contributed by atoms with van der Waals surface area (Å²) in [6, 6.07) is 0. The number of nitrogens with zero attached hydrogens (tertiary/aromatic N) is 1. The topological polar surface area (TPSA) is 85.4 Å². The van der Waals surface area contributed by atoms with E-state index >= 15 is 0 Å². The van der Waals surface area contributed by atoms with Crippen molar-refractivity contribution in [3.8, 4) is 5.75 Å². The zero-order valence-corrected chi connectivity index (χ0v) is 8.41. The number of hydrogen-bond donors (Lipinski definition) is 2. The van der Waals surface area contributed by atoms with Crippen molar-refractivity contribution in [1.29, 1.82) is 0 Å². The first-order chi connectivity index (χ1) is 7.47. The Morgan fingerprint density at radius 2 is 2.31 bits per heavy atom. The third-order valence-corrected chi connectivity index (χ3v) is 1.94. The quantitative estimate of drug-likeness (QED) is 0.815. The fraction of sp³-hybridized carbons (Fsp3) is 0.333. The minimum atomic E-state index is -2.77. The number of methoxy groups -OCH3 is 1. The number of ether oxygens (including phenoxy) is 1. The molecule has 0 bridgehead atoms. The van der Waals surface area contributed by atoms with Crippen LogP contribution in [0.4, 0.5) is 14.5 Å². The van der Waals surface area contributed by atoms with Gasteiger partial charge in [0.1, 0.15) is 0 Å². The Hall–Kier alpha value is -1.92. The van der Waals surface area contributed by atoms with E-state index in [2.05, 4.69) is 4.98 Å². The van der Waals surface area contributed by atoms with Crippen LogP contribution in [0.2, 0.25) is 0 Å². The number of carboxylic acid groups (broad SMARTS) is 1. The number of rotatable bonds is 4. The predicted molar refractivity (Wildman–Crippen MR) is 51.5 cm³/mol. The largest absolute Gasteiger partial charge is 0.494 e. The van der Waals surface area contributed by atoms with E-state index in [1.165, 1.54) is 7.11 Å². The van der Waals surface area contributed by atoms with Crippen LogP contribution in [0.5, 0.6) is 5.75 Å². The van der Waals surface area contributed by atoms with E-state index in [0.29, 0.717) is 0 Å². The number of hydrogen-bond acceptors (Lipinski definition) is 4. The average molecular weight is 232 g/mol. The number of carbonyl (C=O) groups is 1. The van der Waals surface area contributed by atoms with Gasteiger partial charge >= 0.3 is 5.97 Å². The van der Waals surface area contributed by atoms with Crippen LogP contribution in [0, 0.1) is 0 Å². The Bertz CT molecular complexity index is 410. The molecule has 1 rings (SSSR count). The maximum atomic E-state index is 12.5. The van der Waals surface area contributed by atoms with Gasteiger partial charge in [-0.15, -0.1) is 0 Å². The van der Waals surface area contributed by atoms with Gasteiger partial charge in [0.25, 0.3) is 6.43 Å². The van der Waals surface area contributed by atoms with Crippen LogP contribution >= 0.6 is 0 Å². The van der Waals surface area contributed by atoms with Crippen LogP contribution in [0.3, 0.4) is 0 Å². The number of anilines is 1. The molecule has 1 aromatic heterocycles. The summed E-state index contributed by atoms with van der Waals surface area (Å²) in [5, 5.41) is 8.55. The van der Waals surface area contributed by atoms with Crippen molar-refractivity contribution < 1.29 is 23.4 Å². The Morgan fingerprint density at radius 3 is 2.75 bits per heavy atom. The fourth-order valence-electron chi connectivity index (χ4n) is 1.23. The molecule has 0 aliphatic rings. The van der Waals surface area contributed by atoms with E-state index in [0.717, 1.165) is 6.20 Å². The molecule has 0 atom stereocenters. The van der Waals surface area contributed by atoms with E-state index in [9.17, 15) is 13.6 Å². The van der Waals surface area contributed by atoms with Gasteiger partial charge in [-0.05, 0) is 0 Å². The van der Waals surface area contributed by atoms with E-state index in [4.69, 9.17) is 15.6 Å². The number of halogens is 2. The molecule has 0 amide bonds. The lowest BCUT2D eigenvalue weighted by Crippen LogP contribution is -2.09. The third kappa shape index (κ3) is 2.36. The average Bonchev–Trinajstić information content (AvgIpc) is 2.19. The summed E-state index contributed by atoms with van der Waals surface area (Å²) < 4.78 is 29.7. The predicted octanol–water partition coefficient (Wildman–Crippen LogP) is 1.24. The van der Waals surface area contributed by atoms with Crippen molar-refractivity contribution >= 4 is 11.7 Å². The Labute approximate surface area is 89.9 Å². The van der Waals surface area contributed by atoms with Crippen molar-refractivity contribution in [2.45, 2.75) is 12.8 Å². The van der Waals surface area contributed by atoms with Crippen molar-refractivity contribution in [2.75, 3.05) is 12.8 Å². The summed E-state index contributed by atoms with van der Waals surface area (Å²) in [7, 11) is 1.18. The van der Waals surface area contributed by atoms with Crippen molar-refractivity contribution in [3.63, 3.8) is 0 Å². The number of nitrogens with two attached hydrogens (primary N) is 1. The van der Waals surface area contributed by atoms with Gasteiger partial charge < -0.3 is 15.6 Å². The molecular weight excluding hydrogens is 222 g/mol. The molecule has 0 aliphatic heterocycles. The molecule has 1 aromatic rings. The molecular formula is C9H10F2N2O3. The molecule has 7 heteroatoms. The normalized spacial score (nSPS) is 10.5. The highest BCUT2D eigenvalue weighted by molar-refractivity contribution is 5.73. The van der Waals surface area contributed by atoms with Gasteiger partial charge in [-0.25, -0.2) is 8.78 Å². The lowest BCUT2D eigenvalue weighted by atomic mass is 10.1. The maximum absolute atomic E-state index is 12.5. The van der Waals surface area contributed by atoms with Crippen LogP contribution in [0.1, 0.15) is 17.7 Å². The van der Waals surface area contributed by atoms with Gasteiger partial charge in [-0.2, -0.15) is 0 Å². The number of carboxylic acids is 1. The summed E-state index contributed by atoms with van der Waals surface area (Å²) in [5.41, 5.74) is 4.89. The van der Waals surface area contributed by atoms with Gasteiger partial charge in [-0.1, -0.05) is 0 Å². The second-order valence-corrected chi connectivity index (χ2v) is 2.98. The van der Waals surface area contributed by atoms with Crippen molar-refractivity contribution in [2.24, 2.45) is 0 Å². The van der Waals surface area contributed by atoms with Crippen LogP contribution in [-0.2, 0) is 11.2 Å². The second kappa shape index (κ2) is 4.73. The highest BCUT2D eigenvalue weighted by atomic mass is 19.3. The molecule has 0 saturated heterocycles. The SMILES string of the molecule is COc1c(C(F)F)cnc(CC(=O)O)c1N. The number of nitrogen functional groups attached to an aromatic ring is 1. The Morgan fingerprint density at radius 1 is 1.69 bits per heavy atom. The van der Waals surface area contributed by atoms with Crippen LogP contribution in [0.15, 0.2) is 6.20 Å². The van der Waals surface area contributed by atoms with Crippen molar-refractivity contribution in [3.05, 3.63) is 17.5 Å². The highest BCUT2D eigenvalue weighted by Crippen LogP contribution is 2.34. The third-order valence-electron chi connectivity index (χ3n) is 1.94. The molecule has 0 saturated carbocycles. The first-order valence-electron chi connectivity index (χ1n) is 4.28. The molecule has 0 radical (unpaired) electrons. The Kier molecular flexibility index (Phi) is 3.60. The summed E-state index contributed by atoms with van der Waals surface area (Å²) in [4.78, 5) is 14.0. The van der Waals surface area contributed by atoms with Gasteiger partial charge in [0, 0.05) is 6.20 Å². The molecule has 1 heterocycles. The lowest BCUT2D eigenvalue weighted by molar-refractivity contribution is -0.136. The fourth-order valence-corrected chi connectivity index (χ4v) is 1.23. The molecule has 0 aliphatic carbocycles. The minimum absolute atomic E-state index is 0.00810. The molecule has 3 N–H and O–H groups in total. The summed E-state index contributed by atoms with van der Waals surface area (Å²) in [5.74, 6) is -1.37. The van der Waals surface area contributed by atoms with E-state index in [-0.39, 0.29) is 17.1 Å². The summed E-state index contributed by atoms with van der Waals surface area (Å²) in [6.45, 7) is 0. The number of alkyl halides is 2. The first kappa shape index (κ1) is 12.2. The van der Waals surface area contributed by atoms with Gasteiger partial charge in [0.05, 0.1) is 30.5 Å². The molecule has 16 heavy (non-hydrogen) atoms. The summed E-state index contributed by atoms with van der Waals surface area (Å²) in [6.07, 6.45) is -2.34. The van der Waals surface area contributed by atoms with Crippen molar-refractivity contribution in [1.82, 2.24) is 4.98 Å². The smallest absolute Gasteiger partial charge is 0.309 e. The van der Waals surface area contributed by atoms with E-state index in [1.807, 2.05) is 0 Å². The van der Waals surface area contributed by atoms with Crippen LogP contribution in [0.25, 0.3) is 0 Å². The monoisotopic (exact) mass is 232 g/mol. The summed E-state index contributed by atoms with van der Waals surface area (Å²) >= 11 is 0. The minimum Gasteiger partial charge on any atom is -0.494 e. The number of aliphatic carboxylic acids is 1.